The summed E-state index contributed by atoms with van der Waals surface area (Å²) in [5.74, 6) is 1.24. The lowest BCUT2D eigenvalue weighted by atomic mass is 10.00. The van der Waals surface area contributed by atoms with Crippen LogP contribution in [-0.2, 0) is 0 Å². The molecule has 134 valence electrons. The molecule has 1 aliphatic rings. The molecule has 0 aliphatic carbocycles. The van der Waals surface area contributed by atoms with E-state index in [0.717, 1.165) is 31.2 Å². The largest absolute Gasteiger partial charge is 0.348 e. The number of amides is 1. The lowest BCUT2D eigenvalue weighted by molar-refractivity contribution is 0.0923. The maximum Gasteiger partial charge on any atom is 0.263 e. The Balaban J connectivity index is 1.62. The molecule has 7 heteroatoms. The molecule has 1 N–H and O–H groups in total. The van der Waals surface area contributed by atoms with Crippen molar-refractivity contribution in [1.29, 1.82) is 0 Å². The Kier molecular flexibility index (Phi) is 5.75. The number of thiazole rings is 1. The Morgan fingerprint density at radius 2 is 2.20 bits per heavy atom. The van der Waals surface area contributed by atoms with E-state index in [0.29, 0.717) is 15.7 Å². The number of hydrogen-bond donors (Lipinski definition) is 1. The number of aromatic nitrogens is 3. The van der Waals surface area contributed by atoms with Gasteiger partial charge in [0.1, 0.15) is 4.88 Å². The van der Waals surface area contributed by atoms with Crippen molar-refractivity contribution in [3.05, 3.63) is 29.0 Å². The van der Waals surface area contributed by atoms with Crippen molar-refractivity contribution in [1.82, 2.24) is 25.2 Å². The molecular formula is C18H25N5OS. The molecule has 0 radical (unpaired) electrons. The first kappa shape index (κ1) is 17.9. The zero-order chi connectivity index (χ0) is 17.8. The molecule has 2 aromatic rings. The van der Waals surface area contributed by atoms with Gasteiger partial charge in [0, 0.05) is 31.5 Å². The number of aryl methyl sites for hydroxylation is 1. The van der Waals surface area contributed by atoms with Gasteiger partial charge in [0.25, 0.3) is 5.91 Å². The van der Waals surface area contributed by atoms with Crippen molar-refractivity contribution in [3.8, 4) is 10.8 Å². The van der Waals surface area contributed by atoms with E-state index in [4.69, 9.17) is 0 Å². The average Bonchev–Trinajstić information content (AvgIpc) is 2.97. The second-order valence-electron chi connectivity index (χ2n) is 6.89. The minimum absolute atomic E-state index is 0.0604. The van der Waals surface area contributed by atoms with E-state index >= 15 is 0 Å². The van der Waals surface area contributed by atoms with Crippen LogP contribution in [0.25, 0.3) is 10.8 Å². The van der Waals surface area contributed by atoms with E-state index in [-0.39, 0.29) is 11.9 Å². The van der Waals surface area contributed by atoms with Gasteiger partial charge in [0.2, 0.25) is 0 Å². The fraction of sp³-hybridized carbons (Fsp3) is 0.556. The van der Waals surface area contributed by atoms with Gasteiger partial charge in [-0.15, -0.1) is 11.3 Å². The maximum atomic E-state index is 12.6. The molecular weight excluding hydrogens is 334 g/mol. The molecule has 0 aromatic carbocycles. The smallest absolute Gasteiger partial charge is 0.263 e. The molecule has 1 saturated heterocycles. The van der Waals surface area contributed by atoms with E-state index in [1.54, 1.807) is 18.5 Å². The lowest BCUT2D eigenvalue weighted by Gasteiger charge is -2.32. The van der Waals surface area contributed by atoms with Crippen molar-refractivity contribution in [2.75, 3.05) is 19.6 Å². The molecule has 0 bridgehead atoms. The monoisotopic (exact) mass is 359 g/mol. The lowest BCUT2D eigenvalue weighted by Crippen LogP contribution is -2.45. The van der Waals surface area contributed by atoms with E-state index in [1.165, 1.54) is 24.2 Å². The number of carbonyl (C=O) groups is 1. The SMILES string of the molecule is Cc1nc(-c2ncccn2)sc1C(=O)N[C@H](C)CN1CCC[C@@H](C)C1. The van der Waals surface area contributed by atoms with Crippen LogP contribution in [-0.4, -0.2) is 51.4 Å². The molecule has 1 fully saturated rings. The minimum Gasteiger partial charge on any atom is -0.348 e. The molecule has 6 nitrogen and oxygen atoms in total. The molecule has 2 aromatic heterocycles. The van der Waals surface area contributed by atoms with Crippen LogP contribution in [0.15, 0.2) is 18.5 Å². The number of likely N-dealkylation sites (tertiary alicyclic amines) is 1. The quantitative estimate of drug-likeness (QED) is 0.889. The molecule has 2 atom stereocenters. The third-order valence-corrected chi connectivity index (χ3v) is 5.56. The van der Waals surface area contributed by atoms with Gasteiger partial charge in [-0.2, -0.15) is 0 Å². The first-order valence-corrected chi connectivity index (χ1v) is 9.62. The first-order valence-electron chi connectivity index (χ1n) is 8.81. The third-order valence-electron chi connectivity index (χ3n) is 4.41. The van der Waals surface area contributed by atoms with E-state index in [1.807, 2.05) is 6.92 Å². The fourth-order valence-corrected chi connectivity index (χ4v) is 4.20. The zero-order valence-electron chi connectivity index (χ0n) is 15.0. The Morgan fingerprint density at radius 1 is 1.44 bits per heavy atom. The summed E-state index contributed by atoms with van der Waals surface area (Å²) >= 11 is 1.35. The van der Waals surface area contributed by atoms with Gasteiger partial charge in [-0.3, -0.25) is 4.79 Å². The number of piperidine rings is 1. The van der Waals surface area contributed by atoms with Crippen molar-refractivity contribution in [3.63, 3.8) is 0 Å². The molecule has 1 aliphatic heterocycles. The van der Waals surface area contributed by atoms with E-state index in [2.05, 4.69) is 39.0 Å². The van der Waals surface area contributed by atoms with Gasteiger partial charge in [0.15, 0.2) is 10.8 Å². The van der Waals surface area contributed by atoms with Gasteiger partial charge in [0.05, 0.1) is 5.69 Å². The highest BCUT2D eigenvalue weighted by Gasteiger charge is 2.21. The number of rotatable bonds is 5. The molecule has 1 amide bonds. The van der Waals surface area contributed by atoms with E-state index in [9.17, 15) is 4.79 Å². The van der Waals surface area contributed by atoms with Crippen LogP contribution < -0.4 is 5.32 Å². The Morgan fingerprint density at radius 3 is 2.92 bits per heavy atom. The molecule has 3 heterocycles. The number of hydrogen-bond acceptors (Lipinski definition) is 6. The number of nitrogens with zero attached hydrogens (tertiary/aromatic N) is 4. The van der Waals surface area contributed by atoms with Gasteiger partial charge in [-0.05, 0) is 45.2 Å². The maximum absolute atomic E-state index is 12.6. The summed E-state index contributed by atoms with van der Waals surface area (Å²) in [6, 6.07) is 1.87. The Hall–Kier alpha value is -1.86. The number of nitrogens with one attached hydrogen (secondary N) is 1. The zero-order valence-corrected chi connectivity index (χ0v) is 15.8. The first-order chi connectivity index (χ1) is 12.0. The minimum atomic E-state index is -0.0604. The predicted octanol–water partition coefficient (Wildman–Crippen LogP) is 2.76. The topological polar surface area (TPSA) is 71.0 Å². The van der Waals surface area contributed by atoms with Crippen molar-refractivity contribution in [2.45, 2.75) is 39.7 Å². The van der Waals surface area contributed by atoms with Crippen LogP contribution in [0.2, 0.25) is 0 Å². The molecule has 25 heavy (non-hydrogen) atoms. The van der Waals surface area contributed by atoms with Crippen LogP contribution in [0.5, 0.6) is 0 Å². The Bertz CT molecular complexity index is 718. The van der Waals surface area contributed by atoms with Crippen LogP contribution in [0, 0.1) is 12.8 Å². The fourth-order valence-electron chi connectivity index (χ4n) is 3.29. The standard InChI is InChI=1S/C18H25N5OS/c1-12-6-4-9-23(10-12)11-13(2)21-17(24)15-14(3)22-18(25-15)16-19-7-5-8-20-16/h5,7-8,12-13H,4,6,9-11H2,1-3H3,(H,21,24)/t12-,13-/m1/s1. The molecule has 0 saturated carbocycles. The second kappa shape index (κ2) is 8.01. The predicted molar refractivity (Wildman–Crippen MR) is 99.6 cm³/mol. The van der Waals surface area contributed by atoms with Gasteiger partial charge >= 0.3 is 0 Å². The highest BCUT2D eigenvalue weighted by Crippen LogP contribution is 2.25. The van der Waals surface area contributed by atoms with Gasteiger partial charge < -0.3 is 10.2 Å². The van der Waals surface area contributed by atoms with E-state index < -0.39 is 0 Å². The highest BCUT2D eigenvalue weighted by molar-refractivity contribution is 7.17. The summed E-state index contributed by atoms with van der Waals surface area (Å²) in [7, 11) is 0. The highest BCUT2D eigenvalue weighted by atomic mass is 32.1. The number of carbonyl (C=O) groups excluding carboxylic acids is 1. The molecule has 0 spiro atoms. The normalized spacial score (nSPS) is 19.6. The van der Waals surface area contributed by atoms with Crippen LogP contribution in [0.4, 0.5) is 0 Å². The summed E-state index contributed by atoms with van der Waals surface area (Å²) in [6.07, 6.45) is 5.92. The Labute approximate surface area is 152 Å². The van der Waals surface area contributed by atoms with Gasteiger partial charge in [-0.1, -0.05) is 6.92 Å². The third kappa shape index (κ3) is 4.61. The van der Waals surface area contributed by atoms with Gasteiger partial charge in [-0.25, -0.2) is 15.0 Å². The average molecular weight is 359 g/mol. The summed E-state index contributed by atoms with van der Waals surface area (Å²) in [6.45, 7) is 9.35. The molecule has 0 unspecified atom stereocenters. The van der Waals surface area contributed by atoms with Crippen molar-refractivity contribution < 1.29 is 4.79 Å². The van der Waals surface area contributed by atoms with Crippen LogP contribution >= 0.6 is 11.3 Å². The summed E-state index contributed by atoms with van der Waals surface area (Å²) in [4.78, 5) is 28.6. The summed E-state index contributed by atoms with van der Waals surface area (Å²) < 4.78 is 0. The van der Waals surface area contributed by atoms with Crippen molar-refractivity contribution in [2.24, 2.45) is 5.92 Å². The van der Waals surface area contributed by atoms with Crippen LogP contribution in [0.1, 0.15) is 42.1 Å². The molecule has 3 rings (SSSR count). The summed E-state index contributed by atoms with van der Waals surface area (Å²) in [5, 5.41) is 3.79. The summed E-state index contributed by atoms with van der Waals surface area (Å²) in [5.41, 5.74) is 0.726. The van der Waals surface area contributed by atoms with Crippen molar-refractivity contribution >= 4 is 17.2 Å². The second-order valence-corrected chi connectivity index (χ2v) is 7.89. The van der Waals surface area contributed by atoms with Crippen LogP contribution in [0.3, 0.4) is 0 Å².